The molecule has 104 valence electrons. The highest BCUT2D eigenvalue weighted by atomic mass is 19.4. The predicted octanol–water partition coefficient (Wildman–Crippen LogP) is 1.71. The van der Waals surface area contributed by atoms with Gasteiger partial charge in [0.1, 0.15) is 6.54 Å². The van der Waals surface area contributed by atoms with Crippen molar-refractivity contribution in [3.05, 3.63) is 0 Å². The third kappa shape index (κ3) is 5.24. The van der Waals surface area contributed by atoms with Gasteiger partial charge in [0, 0.05) is 6.04 Å². The van der Waals surface area contributed by atoms with E-state index in [1.54, 1.807) is 6.92 Å². The Bertz CT molecular complexity index is 315. The van der Waals surface area contributed by atoms with Gasteiger partial charge in [-0.1, -0.05) is 0 Å². The standard InChI is InChI=1S/C10H14F3NO4/c1-2-17-8(15)5-14(7-3-4-7)9(16)18-6-10(11,12)13/h7H,2-6H2,1H3. The van der Waals surface area contributed by atoms with Gasteiger partial charge in [-0.05, 0) is 19.8 Å². The maximum absolute atomic E-state index is 11.9. The van der Waals surface area contributed by atoms with Gasteiger partial charge in [-0.3, -0.25) is 9.69 Å². The van der Waals surface area contributed by atoms with Gasteiger partial charge in [-0.15, -0.1) is 0 Å². The summed E-state index contributed by atoms with van der Waals surface area (Å²) in [5.41, 5.74) is 0. The number of carbonyl (C=O) groups excluding carboxylic acids is 2. The quantitative estimate of drug-likeness (QED) is 0.713. The van der Waals surface area contributed by atoms with Gasteiger partial charge >= 0.3 is 18.2 Å². The van der Waals surface area contributed by atoms with Crippen molar-refractivity contribution in [1.29, 1.82) is 0 Å². The van der Waals surface area contributed by atoms with Crippen molar-refractivity contribution in [2.24, 2.45) is 0 Å². The van der Waals surface area contributed by atoms with Gasteiger partial charge in [0.2, 0.25) is 0 Å². The Morgan fingerprint density at radius 3 is 2.33 bits per heavy atom. The van der Waals surface area contributed by atoms with E-state index in [0.717, 1.165) is 4.90 Å². The first-order valence-electron chi connectivity index (χ1n) is 5.49. The minimum absolute atomic E-state index is 0.148. The molecule has 0 N–H and O–H groups in total. The van der Waals surface area contributed by atoms with Crippen LogP contribution in [0.5, 0.6) is 0 Å². The molecule has 1 aliphatic rings. The third-order valence-electron chi connectivity index (χ3n) is 2.19. The Hall–Kier alpha value is -1.47. The first kappa shape index (κ1) is 14.6. The molecule has 0 unspecified atom stereocenters. The van der Waals surface area contributed by atoms with E-state index in [4.69, 9.17) is 0 Å². The van der Waals surface area contributed by atoms with Crippen molar-refractivity contribution in [3.8, 4) is 0 Å². The highest BCUT2D eigenvalue weighted by molar-refractivity contribution is 5.78. The van der Waals surface area contributed by atoms with Crippen LogP contribution >= 0.6 is 0 Å². The minimum atomic E-state index is -4.57. The summed E-state index contributed by atoms with van der Waals surface area (Å²) in [5, 5.41) is 0. The Morgan fingerprint density at radius 2 is 1.89 bits per heavy atom. The van der Waals surface area contributed by atoms with E-state index in [0.29, 0.717) is 12.8 Å². The maximum Gasteiger partial charge on any atom is 0.422 e. The van der Waals surface area contributed by atoms with Gasteiger partial charge in [-0.25, -0.2) is 4.79 Å². The number of carbonyl (C=O) groups is 2. The van der Waals surface area contributed by atoms with Crippen LogP contribution in [-0.2, 0) is 14.3 Å². The van der Waals surface area contributed by atoms with Gasteiger partial charge in [0.05, 0.1) is 6.61 Å². The van der Waals surface area contributed by atoms with Gasteiger partial charge in [-0.2, -0.15) is 13.2 Å². The second-order valence-corrected chi connectivity index (χ2v) is 3.83. The van der Waals surface area contributed by atoms with E-state index in [-0.39, 0.29) is 19.2 Å². The van der Waals surface area contributed by atoms with E-state index < -0.39 is 24.8 Å². The number of esters is 1. The Labute approximate surface area is 102 Å². The normalized spacial score (nSPS) is 15.1. The van der Waals surface area contributed by atoms with Crippen LogP contribution in [0.3, 0.4) is 0 Å². The molecule has 0 spiro atoms. The number of rotatable bonds is 5. The number of hydrogen-bond acceptors (Lipinski definition) is 4. The fourth-order valence-corrected chi connectivity index (χ4v) is 1.30. The smallest absolute Gasteiger partial charge is 0.422 e. The lowest BCUT2D eigenvalue weighted by Crippen LogP contribution is -2.39. The van der Waals surface area contributed by atoms with Crippen molar-refractivity contribution >= 4 is 12.1 Å². The lowest BCUT2D eigenvalue weighted by Gasteiger charge is -2.21. The monoisotopic (exact) mass is 269 g/mol. The van der Waals surface area contributed by atoms with Crippen molar-refractivity contribution in [2.45, 2.75) is 32.0 Å². The molecule has 1 rings (SSSR count). The average Bonchev–Trinajstić information content (AvgIpc) is 3.06. The molecule has 0 aromatic rings. The molecule has 1 saturated carbocycles. The molecule has 5 nitrogen and oxygen atoms in total. The third-order valence-corrected chi connectivity index (χ3v) is 2.19. The summed E-state index contributed by atoms with van der Waals surface area (Å²) < 4.78 is 44.4. The Morgan fingerprint density at radius 1 is 1.28 bits per heavy atom. The van der Waals surface area contributed by atoms with Gasteiger partial charge in [0.15, 0.2) is 6.61 Å². The summed E-state index contributed by atoms with van der Waals surface area (Å²) in [6.07, 6.45) is -4.40. The highest BCUT2D eigenvalue weighted by Crippen LogP contribution is 2.27. The minimum Gasteiger partial charge on any atom is -0.465 e. The molecular formula is C10H14F3NO4. The SMILES string of the molecule is CCOC(=O)CN(C(=O)OCC(F)(F)F)C1CC1. The molecule has 0 aromatic carbocycles. The van der Waals surface area contributed by atoms with Crippen LogP contribution in [0.25, 0.3) is 0 Å². The van der Waals surface area contributed by atoms with E-state index in [9.17, 15) is 22.8 Å². The molecule has 0 atom stereocenters. The van der Waals surface area contributed by atoms with Gasteiger partial charge < -0.3 is 9.47 Å². The summed E-state index contributed by atoms with van der Waals surface area (Å²) in [4.78, 5) is 23.6. The van der Waals surface area contributed by atoms with E-state index >= 15 is 0 Å². The second kappa shape index (κ2) is 5.92. The van der Waals surface area contributed by atoms with Crippen LogP contribution in [0, 0.1) is 0 Å². The zero-order chi connectivity index (χ0) is 13.8. The summed E-state index contributed by atoms with van der Waals surface area (Å²) in [6.45, 7) is -0.288. The van der Waals surface area contributed by atoms with Crippen molar-refractivity contribution in [1.82, 2.24) is 4.90 Å². The largest absolute Gasteiger partial charge is 0.465 e. The second-order valence-electron chi connectivity index (χ2n) is 3.83. The molecule has 0 bridgehead atoms. The first-order valence-corrected chi connectivity index (χ1v) is 5.49. The summed E-state index contributed by atoms with van der Waals surface area (Å²) >= 11 is 0. The number of halogens is 3. The topological polar surface area (TPSA) is 55.8 Å². The number of nitrogens with zero attached hydrogens (tertiary/aromatic N) is 1. The zero-order valence-corrected chi connectivity index (χ0v) is 9.83. The number of ether oxygens (including phenoxy) is 2. The molecule has 0 heterocycles. The molecule has 0 radical (unpaired) electrons. The van der Waals surface area contributed by atoms with Crippen LogP contribution in [0.1, 0.15) is 19.8 Å². The van der Waals surface area contributed by atoms with Crippen LogP contribution in [0.2, 0.25) is 0 Å². The lowest BCUT2D eigenvalue weighted by atomic mass is 10.5. The molecule has 1 amide bonds. The summed E-state index contributed by atoms with van der Waals surface area (Å²) in [6, 6.07) is -0.227. The molecule has 1 fully saturated rings. The Balaban J connectivity index is 2.46. The predicted molar refractivity (Wildman–Crippen MR) is 53.8 cm³/mol. The Kier molecular flexibility index (Phi) is 4.80. The molecular weight excluding hydrogens is 255 g/mol. The molecule has 0 saturated heterocycles. The molecule has 0 aromatic heterocycles. The fourth-order valence-electron chi connectivity index (χ4n) is 1.30. The maximum atomic E-state index is 11.9. The first-order chi connectivity index (χ1) is 8.33. The molecule has 1 aliphatic carbocycles. The van der Waals surface area contributed by atoms with E-state index in [1.165, 1.54) is 0 Å². The fraction of sp³-hybridized carbons (Fsp3) is 0.800. The highest BCUT2D eigenvalue weighted by Gasteiger charge is 2.37. The van der Waals surface area contributed by atoms with Crippen molar-refractivity contribution in [2.75, 3.05) is 19.8 Å². The number of alkyl halides is 3. The van der Waals surface area contributed by atoms with Crippen molar-refractivity contribution in [3.63, 3.8) is 0 Å². The molecule has 18 heavy (non-hydrogen) atoms. The molecule has 8 heteroatoms. The van der Waals surface area contributed by atoms with E-state index in [2.05, 4.69) is 9.47 Å². The molecule has 0 aliphatic heterocycles. The summed E-state index contributed by atoms with van der Waals surface area (Å²) in [7, 11) is 0. The van der Waals surface area contributed by atoms with Gasteiger partial charge in [0.25, 0.3) is 0 Å². The average molecular weight is 269 g/mol. The van der Waals surface area contributed by atoms with Crippen LogP contribution in [0.15, 0.2) is 0 Å². The summed E-state index contributed by atoms with van der Waals surface area (Å²) in [5.74, 6) is -0.659. The van der Waals surface area contributed by atoms with Crippen LogP contribution < -0.4 is 0 Å². The van der Waals surface area contributed by atoms with Crippen LogP contribution in [-0.4, -0.2) is 48.9 Å². The number of amides is 1. The lowest BCUT2D eigenvalue weighted by molar-refractivity contribution is -0.163. The zero-order valence-electron chi connectivity index (χ0n) is 9.83. The van der Waals surface area contributed by atoms with Crippen molar-refractivity contribution < 1.29 is 32.2 Å². The number of hydrogen-bond donors (Lipinski definition) is 0. The van der Waals surface area contributed by atoms with Crippen LogP contribution in [0.4, 0.5) is 18.0 Å². The van der Waals surface area contributed by atoms with E-state index in [1.807, 2.05) is 0 Å².